The number of rotatable bonds is 4. The van der Waals surface area contributed by atoms with Crippen molar-refractivity contribution in [2.24, 2.45) is 0 Å². The molecule has 1 aromatic heterocycles. The van der Waals surface area contributed by atoms with Crippen molar-refractivity contribution in [3.05, 3.63) is 59.8 Å². The van der Waals surface area contributed by atoms with Crippen LogP contribution in [0.2, 0.25) is 0 Å². The second-order valence-corrected chi connectivity index (χ2v) is 7.43. The van der Waals surface area contributed by atoms with Crippen molar-refractivity contribution >= 4 is 5.82 Å². The van der Waals surface area contributed by atoms with Gasteiger partial charge in [-0.05, 0) is 43.9 Å². The highest BCUT2D eigenvalue weighted by atomic mass is 15.2. The summed E-state index contributed by atoms with van der Waals surface area (Å²) in [5.74, 6) is 1.24. The van der Waals surface area contributed by atoms with Crippen molar-refractivity contribution in [2.75, 3.05) is 24.5 Å². The molecule has 2 aliphatic heterocycles. The van der Waals surface area contributed by atoms with Gasteiger partial charge in [0, 0.05) is 37.4 Å². The summed E-state index contributed by atoms with van der Waals surface area (Å²) in [6.07, 6.45) is 9.83. The largest absolute Gasteiger partial charge is 0.356 e. The highest BCUT2D eigenvalue weighted by Gasteiger charge is 2.29. The predicted octanol–water partition coefficient (Wildman–Crippen LogP) is 4.80. The van der Waals surface area contributed by atoms with Crippen LogP contribution in [-0.4, -0.2) is 29.5 Å². The molecule has 3 heterocycles. The van der Waals surface area contributed by atoms with Gasteiger partial charge in [0.15, 0.2) is 0 Å². The third-order valence-corrected chi connectivity index (χ3v) is 5.67. The number of hydrogen-bond acceptors (Lipinski definition) is 3. The fraction of sp³-hybridized carbons (Fsp3) is 0.500. The third-order valence-electron chi connectivity index (χ3n) is 5.67. The minimum Gasteiger partial charge on any atom is -0.356 e. The highest BCUT2D eigenvalue weighted by molar-refractivity contribution is 5.49. The van der Waals surface area contributed by atoms with Crippen molar-refractivity contribution in [3.8, 4) is 0 Å². The van der Waals surface area contributed by atoms with Crippen LogP contribution in [0.1, 0.15) is 55.7 Å². The Labute approximate surface area is 151 Å². The summed E-state index contributed by atoms with van der Waals surface area (Å²) in [6.45, 7) is 4.55. The maximum Gasteiger partial charge on any atom is 0.133 e. The summed E-state index contributed by atoms with van der Waals surface area (Å²) in [6, 6.07) is 15.8. The fourth-order valence-electron chi connectivity index (χ4n) is 4.40. The molecule has 2 aromatic rings. The minimum atomic E-state index is 0.507. The molecular formula is C22H29N3. The molecule has 25 heavy (non-hydrogen) atoms. The molecule has 0 bridgehead atoms. The van der Waals surface area contributed by atoms with Crippen molar-refractivity contribution in [2.45, 2.75) is 51.1 Å². The first kappa shape index (κ1) is 16.6. The van der Waals surface area contributed by atoms with Gasteiger partial charge < -0.3 is 4.90 Å². The topological polar surface area (TPSA) is 19.4 Å². The van der Waals surface area contributed by atoms with Gasteiger partial charge in [0.25, 0.3) is 0 Å². The number of hydrogen-bond donors (Lipinski definition) is 0. The van der Waals surface area contributed by atoms with E-state index in [9.17, 15) is 0 Å². The normalized spacial score (nSPS) is 22.1. The average Bonchev–Trinajstić information content (AvgIpc) is 2.94. The Kier molecular flexibility index (Phi) is 5.31. The van der Waals surface area contributed by atoms with Crippen molar-refractivity contribution in [1.82, 2.24) is 9.88 Å². The first-order valence-electron chi connectivity index (χ1n) is 9.90. The summed E-state index contributed by atoms with van der Waals surface area (Å²) in [4.78, 5) is 10.0. The van der Waals surface area contributed by atoms with E-state index in [-0.39, 0.29) is 0 Å². The summed E-state index contributed by atoms with van der Waals surface area (Å²) in [7, 11) is 0. The maximum atomic E-state index is 4.83. The van der Waals surface area contributed by atoms with Crippen LogP contribution in [0.25, 0.3) is 0 Å². The van der Waals surface area contributed by atoms with Crippen LogP contribution in [0, 0.1) is 0 Å². The molecule has 1 unspecified atom stereocenters. The molecule has 0 amide bonds. The Morgan fingerprint density at radius 2 is 1.64 bits per heavy atom. The van der Waals surface area contributed by atoms with Crippen LogP contribution in [0.3, 0.4) is 0 Å². The molecule has 0 aliphatic carbocycles. The molecule has 0 N–H and O–H groups in total. The molecule has 2 saturated heterocycles. The molecule has 0 spiro atoms. The Morgan fingerprint density at radius 3 is 2.44 bits per heavy atom. The van der Waals surface area contributed by atoms with Crippen LogP contribution in [-0.2, 0) is 6.54 Å². The van der Waals surface area contributed by atoms with E-state index in [0.717, 1.165) is 19.6 Å². The van der Waals surface area contributed by atoms with Gasteiger partial charge in [-0.15, -0.1) is 0 Å². The van der Waals surface area contributed by atoms with Crippen molar-refractivity contribution < 1.29 is 0 Å². The van der Waals surface area contributed by atoms with Gasteiger partial charge >= 0.3 is 0 Å². The zero-order valence-corrected chi connectivity index (χ0v) is 15.1. The van der Waals surface area contributed by atoms with Crippen LogP contribution in [0.5, 0.6) is 0 Å². The van der Waals surface area contributed by atoms with E-state index < -0.39 is 0 Å². The van der Waals surface area contributed by atoms with E-state index >= 15 is 0 Å². The van der Waals surface area contributed by atoms with Gasteiger partial charge in [-0.25, -0.2) is 4.98 Å². The van der Waals surface area contributed by atoms with Crippen LogP contribution in [0.4, 0.5) is 5.82 Å². The lowest BCUT2D eigenvalue weighted by Crippen LogP contribution is -2.29. The predicted molar refractivity (Wildman–Crippen MR) is 104 cm³/mol. The number of anilines is 1. The number of nitrogens with zero attached hydrogens (tertiary/aromatic N) is 3. The Morgan fingerprint density at radius 1 is 0.840 bits per heavy atom. The van der Waals surface area contributed by atoms with Gasteiger partial charge in [0.05, 0.1) is 0 Å². The SMILES string of the molecule is c1ccc(CN2CCCC2c2cccnc2N2CCCCCC2)cc1. The van der Waals surface area contributed by atoms with E-state index in [1.165, 1.54) is 62.0 Å². The molecule has 1 atom stereocenters. The zero-order valence-electron chi connectivity index (χ0n) is 15.1. The second kappa shape index (κ2) is 8.01. The van der Waals surface area contributed by atoms with Crippen LogP contribution in [0.15, 0.2) is 48.7 Å². The van der Waals surface area contributed by atoms with E-state index in [0.29, 0.717) is 6.04 Å². The van der Waals surface area contributed by atoms with Gasteiger partial charge in [-0.2, -0.15) is 0 Å². The molecular weight excluding hydrogens is 306 g/mol. The molecule has 3 heteroatoms. The van der Waals surface area contributed by atoms with Gasteiger partial charge in [-0.3, -0.25) is 4.90 Å². The molecule has 1 aromatic carbocycles. The molecule has 2 aliphatic rings. The number of pyridine rings is 1. The monoisotopic (exact) mass is 335 g/mol. The van der Waals surface area contributed by atoms with Crippen molar-refractivity contribution in [1.29, 1.82) is 0 Å². The first-order valence-corrected chi connectivity index (χ1v) is 9.90. The molecule has 3 nitrogen and oxygen atoms in total. The standard InChI is InChI=1S/C22H29N3/c1-2-7-16-24(15-6-1)22-20(12-8-14-23-22)21-13-9-17-25(21)18-19-10-4-3-5-11-19/h3-5,8,10-12,14,21H,1-2,6-7,9,13,15-18H2. The summed E-state index contributed by atoms with van der Waals surface area (Å²) < 4.78 is 0. The Hall–Kier alpha value is -1.87. The lowest BCUT2D eigenvalue weighted by Gasteiger charge is -2.30. The average molecular weight is 335 g/mol. The highest BCUT2D eigenvalue weighted by Crippen LogP contribution is 2.37. The van der Waals surface area contributed by atoms with E-state index in [1.807, 2.05) is 6.20 Å². The Balaban J connectivity index is 1.57. The number of benzene rings is 1. The first-order chi connectivity index (χ1) is 12.4. The molecule has 132 valence electrons. The van der Waals surface area contributed by atoms with E-state index in [2.05, 4.69) is 52.3 Å². The summed E-state index contributed by atoms with van der Waals surface area (Å²) in [5, 5.41) is 0. The zero-order chi connectivity index (χ0) is 16.9. The van der Waals surface area contributed by atoms with Gasteiger partial charge in [0.1, 0.15) is 5.82 Å². The fourth-order valence-corrected chi connectivity index (χ4v) is 4.40. The van der Waals surface area contributed by atoms with Gasteiger partial charge in [-0.1, -0.05) is 49.2 Å². The van der Waals surface area contributed by atoms with Crippen LogP contribution >= 0.6 is 0 Å². The molecule has 2 fully saturated rings. The molecule has 0 saturated carbocycles. The number of likely N-dealkylation sites (tertiary alicyclic amines) is 1. The smallest absolute Gasteiger partial charge is 0.133 e. The number of aromatic nitrogens is 1. The third kappa shape index (κ3) is 3.87. The second-order valence-electron chi connectivity index (χ2n) is 7.43. The Bertz CT molecular complexity index is 662. The lowest BCUT2D eigenvalue weighted by atomic mass is 10.0. The van der Waals surface area contributed by atoms with Crippen LogP contribution < -0.4 is 4.90 Å². The minimum absolute atomic E-state index is 0.507. The van der Waals surface area contributed by atoms with Crippen molar-refractivity contribution in [3.63, 3.8) is 0 Å². The van der Waals surface area contributed by atoms with E-state index in [1.54, 1.807) is 0 Å². The molecule has 0 radical (unpaired) electrons. The maximum absolute atomic E-state index is 4.83. The van der Waals surface area contributed by atoms with Gasteiger partial charge in [0.2, 0.25) is 0 Å². The quantitative estimate of drug-likeness (QED) is 0.800. The molecule has 4 rings (SSSR count). The summed E-state index contributed by atoms with van der Waals surface area (Å²) >= 11 is 0. The lowest BCUT2D eigenvalue weighted by molar-refractivity contribution is 0.248. The summed E-state index contributed by atoms with van der Waals surface area (Å²) in [5.41, 5.74) is 2.85. The van der Waals surface area contributed by atoms with E-state index in [4.69, 9.17) is 4.98 Å².